The van der Waals surface area contributed by atoms with E-state index >= 15 is 0 Å². The van der Waals surface area contributed by atoms with Crippen molar-refractivity contribution in [3.05, 3.63) is 30.1 Å². The molecule has 0 aliphatic carbocycles. The molecule has 3 nitrogen and oxygen atoms in total. The van der Waals surface area contributed by atoms with Gasteiger partial charge in [0.2, 0.25) is 0 Å². The third-order valence-corrected chi connectivity index (χ3v) is 5.75. The molecule has 0 saturated carbocycles. The largest absolute Gasteiger partial charge is 0.308 e. The van der Waals surface area contributed by atoms with Crippen molar-refractivity contribution in [2.24, 2.45) is 0 Å². The van der Waals surface area contributed by atoms with Gasteiger partial charge in [-0.25, -0.2) is 0 Å². The highest BCUT2D eigenvalue weighted by Gasteiger charge is 2.43. The Bertz CT molecular complexity index is 421. The first-order valence-corrected chi connectivity index (χ1v) is 8.52. The summed E-state index contributed by atoms with van der Waals surface area (Å²) >= 11 is 0. The molecule has 1 aliphatic heterocycles. The van der Waals surface area contributed by atoms with Crippen LogP contribution >= 0.6 is 0 Å². The van der Waals surface area contributed by atoms with Crippen molar-refractivity contribution in [2.75, 3.05) is 13.1 Å². The number of nitrogens with one attached hydrogen (secondary N) is 1. The van der Waals surface area contributed by atoms with E-state index in [2.05, 4.69) is 55.0 Å². The van der Waals surface area contributed by atoms with Crippen LogP contribution in [0.5, 0.6) is 0 Å². The van der Waals surface area contributed by atoms with Gasteiger partial charge in [0.05, 0.1) is 0 Å². The summed E-state index contributed by atoms with van der Waals surface area (Å²) in [7, 11) is 0. The number of pyridine rings is 1. The fraction of sp³-hybridized carbons (Fsp3) is 0.722. The van der Waals surface area contributed by atoms with Gasteiger partial charge >= 0.3 is 0 Å². The lowest BCUT2D eigenvalue weighted by molar-refractivity contribution is -0.0111. The quantitative estimate of drug-likeness (QED) is 0.867. The fourth-order valence-corrected chi connectivity index (χ4v) is 3.66. The zero-order valence-corrected chi connectivity index (χ0v) is 14.2. The normalized spacial score (nSPS) is 21.3. The lowest BCUT2D eigenvalue weighted by Crippen LogP contribution is -2.69. The number of piperazine rings is 1. The van der Waals surface area contributed by atoms with Crippen molar-refractivity contribution in [3.63, 3.8) is 0 Å². The average Bonchev–Trinajstić information content (AvgIpc) is 2.56. The van der Waals surface area contributed by atoms with Gasteiger partial charge in [0.1, 0.15) is 0 Å². The molecular formula is C18H31N3. The molecule has 1 fully saturated rings. The van der Waals surface area contributed by atoms with E-state index < -0.39 is 0 Å². The van der Waals surface area contributed by atoms with Crippen molar-refractivity contribution in [3.8, 4) is 0 Å². The number of hydrogen-bond donors (Lipinski definition) is 1. The molecule has 2 heterocycles. The summed E-state index contributed by atoms with van der Waals surface area (Å²) in [5.74, 6) is 0. The zero-order chi connectivity index (χ0) is 15.3. The summed E-state index contributed by atoms with van der Waals surface area (Å²) in [5, 5.41) is 3.89. The molecule has 1 N–H and O–H groups in total. The lowest BCUT2D eigenvalue weighted by atomic mass is 9.80. The van der Waals surface area contributed by atoms with Crippen LogP contribution in [0.25, 0.3) is 0 Å². The predicted octanol–water partition coefficient (Wildman–Crippen LogP) is 3.60. The maximum Gasteiger partial charge on any atom is 0.0333 e. The molecule has 1 aromatic heterocycles. The second-order valence-corrected chi connectivity index (χ2v) is 6.48. The third-order valence-electron chi connectivity index (χ3n) is 5.75. The third kappa shape index (κ3) is 3.29. The lowest BCUT2D eigenvalue weighted by Gasteiger charge is -2.54. The summed E-state index contributed by atoms with van der Waals surface area (Å²) < 4.78 is 0. The molecular weight excluding hydrogens is 258 g/mol. The van der Waals surface area contributed by atoms with E-state index in [4.69, 9.17) is 0 Å². The molecule has 0 radical (unpaired) electrons. The van der Waals surface area contributed by atoms with Gasteiger partial charge in [0.15, 0.2) is 0 Å². The Hall–Kier alpha value is -0.930. The Labute approximate surface area is 130 Å². The standard InChI is InChI=1S/C18H31N3/c1-5-17(6-2)15-21(13-16-9-11-19-12-10-16)18(7-3,8-4)14-20-17/h9-12,20H,5-8,13-15H2,1-4H3. The van der Waals surface area contributed by atoms with Crippen LogP contribution in [-0.4, -0.2) is 34.1 Å². The molecule has 0 amide bonds. The van der Waals surface area contributed by atoms with Crippen LogP contribution in [0.15, 0.2) is 24.5 Å². The summed E-state index contributed by atoms with van der Waals surface area (Å²) in [6, 6.07) is 4.30. The molecule has 0 aromatic carbocycles. The highest BCUT2D eigenvalue weighted by Crippen LogP contribution is 2.34. The topological polar surface area (TPSA) is 28.2 Å². The van der Waals surface area contributed by atoms with Crippen molar-refractivity contribution in [1.82, 2.24) is 15.2 Å². The van der Waals surface area contributed by atoms with E-state index in [1.54, 1.807) is 0 Å². The molecule has 1 saturated heterocycles. The van der Waals surface area contributed by atoms with E-state index in [0.717, 1.165) is 19.6 Å². The van der Waals surface area contributed by atoms with Crippen LogP contribution in [0, 0.1) is 0 Å². The van der Waals surface area contributed by atoms with Crippen molar-refractivity contribution in [1.29, 1.82) is 0 Å². The van der Waals surface area contributed by atoms with Crippen molar-refractivity contribution < 1.29 is 0 Å². The summed E-state index contributed by atoms with van der Waals surface area (Å²) in [4.78, 5) is 6.87. The number of rotatable bonds is 6. The highest BCUT2D eigenvalue weighted by molar-refractivity contribution is 5.13. The molecule has 1 aliphatic rings. The minimum Gasteiger partial charge on any atom is -0.308 e. The second-order valence-electron chi connectivity index (χ2n) is 6.48. The van der Waals surface area contributed by atoms with Gasteiger partial charge in [-0.1, -0.05) is 27.7 Å². The van der Waals surface area contributed by atoms with E-state index in [0.29, 0.717) is 0 Å². The molecule has 0 spiro atoms. The van der Waals surface area contributed by atoms with E-state index in [-0.39, 0.29) is 11.1 Å². The first kappa shape index (κ1) is 16.4. The Morgan fingerprint density at radius 2 is 1.67 bits per heavy atom. The molecule has 1 aromatic rings. The monoisotopic (exact) mass is 289 g/mol. The SMILES string of the molecule is CCC1(CC)CN(Cc2ccncc2)C(CC)(CC)CN1. The first-order valence-electron chi connectivity index (χ1n) is 8.52. The van der Waals surface area contributed by atoms with Gasteiger partial charge < -0.3 is 5.32 Å². The highest BCUT2D eigenvalue weighted by atomic mass is 15.3. The van der Waals surface area contributed by atoms with Gasteiger partial charge in [-0.15, -0.1) is 0 Å². The molecule has 118 valence electrons. The fourth-order valence-electron chi connectivity index (χ4n) is 3.66. The van der Waals surface area contributed by atoms with E-state index in [1.807, 2.05) is 12.4 Å². The smallest absolute Gasteiger partial charge is 0.0333 e. The Kier molecular flexibility index (Phi) is 5.39. The predicted molar refractivity (Wildman–Crippen MR) is 89.3 cm³/mol. The average molecular weight is 289 g/mol. The number of aromatic nitrogens is 1. The van der Waals surface area contributed by atoms with Gasteiger partial charge in [0, 0.05) is 43.1 Å². The maximum atomic E-state index is 4.15. The van der Waals surface area contributed by atoms with E-state index in [1.165, 1.54) is 31.2 Å². The van der Waals surface area contributed by atoms with Crippen LogP contribution in [0.2, 0.25) is 0 Å². The molecule has 2 rings (SSSR count). The van der Waals surface area contributed by atoms with Gasteiger partial charge in [0.25, 0.3) is 0 Å². The van der Waals surface area contributed by atoms with Crippen LogP contribution in [0.1, 0.15) is 58.9 Å². The first-order chi connectivity index (χ1) is 10.1. The molecule has 3 heteroatoms. The van der Waals surface area contributed by atoms with Gasteiger partial charge in [-0.3, -0.25) is 9.88 Å². The molecule has 0 atom stereocenters. The van der Waals surface area contributed by atoms with E-state index in [9.17, 15) is 0 Å². The molecule has 0 unspecified atom stereocenters. The Morgan fingerprint density at radius 3 is 2.19 bits per heavy atom. The van der Waals surface area contributed by atoms with Crippen LogP contribution in [-0.2, 0) is 6.54 Å². The maximum absolute atomic E-state index is 4.15. The van der Waals surface area contributed by atoms with Gasteiger partial charge in [-0.05, 0) is 43.4 Å². The number of nitrogens with zero attached hydrogens (tertiary/aromatic N) is 2. The summed E-state index contributed by atoms with van der Waals surface area (Å²) in [6.07, 6.45) is 8.60. The zero-order valence-electron chi connectivity index (χ0n) is 14.2. The van der Waals surface area contributed by atoms with Gasteiger partial charge in [-0.2, -0.15) is 0 Å². The Morgan fingerprint density at radius 1 is 1.05 bits per heavy atom. The minimum absolute atomic E-state index is 0.279. The summed E-state index contributed by atoms with van der Waals surface area (Å²) in [5.41, 5.74) is 1.94. The van der Waals surface area contributed by atoms with Crippen LogP contribution < -0.4 is 5.32 Å². The van der Waals surface area contributed by atoms with Crippen LogP contribution in [0.3, 0.4) is 0 Å². The van der Waals surface area contributed by atoms with Crippen LogP contribution in [0.4, 0.5) is 0 Å². The number of hydrogen-bond acceptors (Lipinski definition) is 3. The molecule has 21 heavy (non-hydrogen) atoms. The summed E-state index contributed by atoms with van der Waals surface area (Å²) in [6.45, 7) is 12.6. The van der Waals surface area contributed by atoms with Crippen molar-refractivity contribution >= 4 is 0 Å². The second kappa shape index (κ2) is 6.89. The molecule has 0 bridgehead atoms. The van der Waals surface area contributed by atoms with Crippen molar-refractivity contribution in [2.45, 2.75) is 71.0 Å². The Balaban J connectivity index is 2.24. The minimum atomic E-state index is 0.279.